The molecule has 8 nitrogen and oxygen atoms in total. The number of nitro groups is 1. The summed E-state index contributed by atoms with van der Waals surface area (Å²) in [5.41, 5.74) is 1.54. The Hall–Kier alpha value is -2.60. The molecule has 10 heteroatoms. The van der Waals surface area contributed by atoms with Crippen LogP contribution in [0.15, 0.2) is 41.3 Å². The predicted molar refractivity (Wildman–Crippen MR) is 142 cm³/mol. The van der Waals surface area contributed by atoms with E-state index < -0.39 is 4.92 Å². The lowest BCUT2D eigenvalue weighted by Gasteiger charge is -2.25. The first kappa shape index (κ1) is 25.5. The number of methoxy groups -OCH3 is 1. The van der Waals surface area contributed by atoms with Crippen LogP contribution in [0.4, 0.5) is 10.5 Å². The van der Waals surface area contributed by atoms with Gasteiger partial charge in [-0.25, -0.2) is 0 Å². The number of carbonyl (C=O) groups is 2. The first-order chi connectivity index (χ1) is 16.9. The second-order valence-electron chi connectivity index (χ2n) is 8.54. The summed E-state index contributed by atoms with van der Waals surface area (Å²) in [5.74, 6) is 1.18. The Morgan fingerprint density at radius 2 is 1.89 bits per heavy atom. The molecule has 0 bridgehead atoms. The van der Waals surface area contributed by atoms with E-state index >= 15 is 0 Å². The number of amides is 2. The summed E-state index contributed by atoms with van der Waals surface area (Å²) in [7, 11) is 1.53. The van der Waals surface area contributed by atoms with E-state index in [0.717, 1.165) is 52.1 Å². The highest BCUT2D eigenvalue weighted by atomic mass is 127. The van der Waals surface area contributed by atoms with Gasteiger partial charge in [0, 0.05) is 18.7 Å². The maximum Gasteiger partial charge on any atom is 0.293 e. The summed E-state index contributed by atoms with van der Waals surface area (Å²) in [6.07, 6.45) is 7.40. The molecule has 0 radical (unpaired) electrons. The van der Waals surface area contributed by atoms with E-state index in [1.165, 1.54) is 30.6 Å². The van der Waals surface area contributed by atoms with Crippen LogP contribution >= 0.6 is 34.4 Å². The number of rotatable bonds is 8. The zero-order valence-electron chi connectivity index (χ0n) is 19.2. The Morgan fingerprint density at radius 1 is 1.17 bits per heavy atom. The minimum atomic E-state index is -0.444. The van der Waals surface area contributed by atoms with Crippen LogP contribution in [0.2, 0.25) is 0 Å². The van der Waals surface area contributed by atoms with Gasteiger partial charge < -0.3 is 9.47 Å². The summed E-state index contributed by atoms with van der Waals surface area (Å²) in [6.45, 7) is 0.710. The fourth-order valence-corrected chi connectivity index (χ4v) is 5.90. The van der Waals surface area contributed by atoms with Crippen molar-refractivity contribution in [3.63, 3.8) is 0 Å². The van der Waals surface area contributed by atoms with E-state index in [1.807, 2.05) is 6.07 Å². The lowest BCUT2D eigenvalue weighted by molar-refractivity contribution is -0.384. The topological polar surface area (TPSA) is 99.0 Å². The summed E-state index contributed by atoms with van der Waals surface area (Å²) < 4.78 is 12.2. The number of hydrogen-bond acceptors (Lipinski definition) is 7. The molecule has 2 fully saturated rings. The number of nitro benzene ring substituents is 1. The molecule has 1 saturated heterocycles. The number of hydrogen-bond donors (Lipinski definition) is 0. The minimum Gasteiger partial charge on any atom is -0.493 e. The fraction of sp³-hybridized carbons (Fsp3) is 0.360. The molecule has 2 aliphatic rings. The Kier molecular flexibility index (Phi) is 8.32. The molecule has 35 heavy (non-hydrogen) atoms. The van der Waals surface area contributed by atoms with Crippen LogP contribution in [0.3, 0.4) is 0 Å². The average molecular weight is 608 g/mol. The van der Waals surface area contributed by atoms with Crippen molar-refractivity contribution < 1.29 is 24.0 Å². The monoisotopic (exact) mass is 608 g/mol. The predicted octanol–water partition coefficient (Wildman–Crippen LogP) is 6.40. The molecule has 2 amide bonds. The van der Waals surface area contributed by atoms with Crippen molar-refractivity contribution in [3.05, 3.63) is 66.1 Å². The van der Waals surface area contributed by atoms with Gasteiger partial charge in [-0.05, 0) is 94.6 Å². The number of benzene rings is 2. The second-order valence-corrected chi connectivity index (χ2v) is 10.7. The summed E-state index contributed by atoms with van der Waals surface area (Å²) >= 11 is 3.11. The van der Waals surface area contributed by atoms with Crippen molar-refractivity contribution in [1.29, 1.82) is 0 Å². The first-order valence-electron chi connectivity index (χ1n) is 11.3. The Labute approximate surface area is 221 Å². The van der Waals surface area contributed by atoms with Gasteiger partial charge in [-0.2, -0.15) is 0 Å². The molecule has 0 N–H and O–H groups in total. The molecule has 2 aromatic rings. The minimum absolute atomic E-state index is 0.0217. The molecule has 0 unspecified atom stereocenters. The molecule has 1 aliphatic carbocycles. The van der Waals surface area contributed by atoms with Crippen LogP contribution in [0.5, 0.6) is 11.5 Å². The van der Waals surface area contributed by atoms with Gasteiger partial charge in [0.15, 0.2) is 11.5 Å². The van der Waals surface area contributed by atoms with E-state index in [2.05, 4.69) is 22.6 Å². The number of ether oxygens (including phenoxy) is 2. The molecule has 0 atom stereocenters. The molecule has 4 rings (SSSR count). The van der Waals surface area contributed by atoms with Crippen LogP contribution in [-0.2, 0) is 11.4 Å². The number of imide groups is 1. The van der Waals surface area contributed by atoms with Crippen LogP contribution in [0.1, 0.15) is 43.2 Å². The van der Waals surface area contributed by atoms with Crippen molar-refractivity contribution in [2.24, 2.45) is 5.92 Å². The van der Waals surface area contributed by atoms with Gasteiger partial charge in [-0.1, -0.05) is 19.3 Å². The van der Waals surface area contributed by atoms with E-state index in [4.69, 9.17) is 9.47 Å². The molecular weight excluding hydrogens is 583 g/mol. The van der Waals surface area contributed by atoms with Crippen LogP contribution < -0.4 is 9.47 Å². The highest BCUT2D eigenvalue weighted by Crippen LogP contribution is 2.38. The van der Waals surface area contributed by atoms with E-state index in [9.17, 15) is 19.7 Å². The van der Waals surface area contributed by atoms with Gasteiger partial charge in [-0.15, -0.1) is 0 Å². The fourth-order valence-electron chi connectivity index (χ4n) is 4.27. The van der Waals surface area contributed by atoms with E-state index in [1.54, 1.807) is 24.3 Å². The standard InChI is InChI=1S/C25H25IN2O6S/c1-33-21-12-18(11-20(26)23(21)34-15-17-7-9-19(10-8-17)28(31)32)13-22-24(29)27(25(30)35-22)14-16-5-3-2-4-6-16/h7-13,16H,2-6,14-15H2,1H3/b22-13+. The van der Waals surface area contributed by atoms with E-state index in [-0.39, 0.29) is 23.4 Å². The molecule has 2 aromatic carbocycles. The zero-order valence-corrected chi connectivity index (χ0v) is 22.2. The van der Waals surface area contributed by atoms with Crippen molar-refractivity contribution >= 4 is 57.3 Å². The quantitative estimate of drug-likeness (QED) is 0.148. The third kappa shape index (κ3) is 6.16. The smallest absolute Gasteiger partial charge is 0.293 e. The Morgan fingerprint density at radius 3 is 2.54 bits per heavy atom. The Bertz CT molecular complexity index is 1160. The average Bonchev–Trinajstić information content (AvgIpc) is 3.11. The summed E-state index contributed by atoms with van der Waals surface area (Å²) in [4.78, 5) is 37.6. The maximum atomic E-state index is 12.9. The van der Waals surface area contributed by atoms with Gasteiger partial charge in [0.25, 0.3) is 16.8 Å². The molecule has 0 spiro atoms. The van der Waals surface area contributed by atoms with Gasteiger partial charge >= 0.3 is 0 Å². The normalized spacial score (nSPS) is 17.8. The molecular formula is C25H25IN2O6S. The van der Waals surface area contributed by atoms with Gasteiger partial charge in [0.05, 0.1) is 20.5 Å². The molecule has 1 heterocycles. The number of thioether (sulfide) groups is 1. The van der Waals surface area contributed by atoms with Gasteiger partial charge in [0.1, 0.15) is 6.61 Å². The number of halogens is 1. The molecule has 1 saturated carbocycles. The third-order valence-corrected chi connectivity index (χ3v) is 7.83. The zero-order chi connectivity index (χ0) is 24.9. The van der Waals surface area contributed by atoms with Crippen molar-refractivity contribution in [1.82, 2.24) is 4.90 Å². The van der Waals surface area contributed by atoms with Crippen molar-refractivity contribution in [2.75, 3.05) is 13.7 Å². The number of nitrogens with zero attached hydrogens (tertiary/aromatic N) is 2. The van der Waals surface area contributed by atoms with Crippen molar-refractivity contribution in [2.45, 2.75) is 38.7 Å². The largest absolute Gasteiger partial charge is 0.493 e. The van der Waals surface area contributed by atoms with Gasteiger partial charge in [-0.3, -0.25) is 24.6 Å². The molecule has 0 aromatic heterocycles. The maximum absolute atomic E-state index is 12.9. The summed E-state index contributed by atoms with van der Waals surface area (Å²) in [6, 6.07) is 9.80. The number of non-ortho nitro benzene ring substituents is 1. The van der Waals surface area contributed by atoms with Crippen LogP contribution in [0, 0.1) is 19.6 Å². The lowest BCUT2D eigenvalue weighted by atomic mass is 9.89. The number of carbonyl (C=O) groups excluding carboxylic acids is 2. The highest BCUT2D eigenvalue weighted by molar-refractivity contribution is 14.1. The lowest BCUT2D eigenvalue weighted by Crippen LogP contribution is -2.34. The van der Waals surface area contributed by atoms with Crippen LogP contribution in [-0.4, -0.2) is 34.6 Å². The molecule has 184 valence electrons. The summed E-state index contributed by atoms with van der Waals surface area (Å²) in [5, 5.41) is 10.6. The first-order valence-corrected chi connectivity index (χ1v) is 13.2. The van der Waals surface area contributed by atoms with Crippen molar-refractivity contribution in [3.8, 4) is 11.5 Å². The van der Waals surface area contributed by atoms with Crippen LogP contribution in [0.25, 0.3) is 6.08 Å². The highest BCUT2D eigenvalue weighted by Gasteiger charge is 2.36. The molecule has 1 aliphatic heterocycles. The van der Waals surface area contributed by atoms with E-state index in [0.29, 0.717) is 28.9 Å². The second kappa shape index (κ2) is 11.4. The third-order valence-electron chi connectivity index (χ3n) is 6.12. The Balaban J connectivity index is 1.47. The van der Waals surface area contributed by atoms with Gasteiger partial charge in [0.2, 0.25) is 0 Å². The SMILES string of the molecule is COc1cc(/C=C2/SC(=O)N(CC3CCCCC3)C2=O)cc(I)c1OCc1ccc([N+](=O)[O-])cc1.